The zero-order valence-electron chi connectivity index (χ0n) is 14.7. The third kappa shape index (κ3) is 5.04. The van der Waals surface area contributed by atoms with Crippen molar-refractivity contribution in [2.45, 2.75) is 13.5 Å². The maximum atomic E-state index is 4.44. The predicted octanol–water partition coefficient (Wildman–Crippen LogP) is 2.30. The molecule has 1 aliphatic heterocycles. The summed E-state index contributed by atoms with van der Waals surface area (Å²) in [4.78, 5) is 17.6. The van der Waals surface area contributed by atoms with Crippen LogP contribution in [-0.2, 0) is 6.54 Å². The number of rotatable bonds is 3. The van der Waals surface area contributed by atoms with E-state index in [0.717, 1.165) is 44.6 Å². The van der Waals surface area contributed by atoms with E-state index in [-0.39, 0.29) is 24.0 Å². The van der Waals surface area contributed by atoms with Crippen LogP contribution in [0.15, 0.2) is 47.7 Å². The number of aliphatic imine (C=N–C) groups is 1. The van der Waals surface area contributed by atoms with Crippen LogP contribution in [0.5, 0.6) is 0 Å². The highest BCUT2D eigenvalue weighted by atomic mass is 127. The molecule has 134 valence electrons. The molecular weight excluding hydrogens is 427 g/mol. The average Bonchev–Trinajstić information content (AvgIpc) is 2.65. The summed E-state index contributed by atoms with van der Waals surface area (Å²) in [7, 11) is 1.84. The molecule has 1 aromatic heterocycles. The van der Waals surface area contributed by atoms with Crippen LogP contribution in [0, 0.1) is 6.92 Å². The Hall–Kier alpha value is -1.90. The van der Waals surface area contributed by atoms with Crippen molar-refractivity contribution in [3.05, 3.63) is 53.9 Å². The van der Waals surface area contributed by atoms with Crippen molar-refractivity contribution in [1.29, 1.82) is 0 Å². The molecule has 2 aromatic rings. The monoisotopic (exact) mass is 452 g/mol. The Balaban J connectivity index is 0.00000225. The molecule has 1 fully saturated rings. The number of anilines is 1. The van der Waals surface area contributed by atoms with Crippen LogP contribution < -0.4 is 10.2 Å². The van der Waals surface area contributed by atoms with Gasteiger partial charge in [0.15, 0.2) is 5.96 Å². The summed E-state index contributed by atoms with van der Waals surface area (Å²) in [5.41, 5.74) is 2.60. The Bertz CT molecular complexity index is 683. The lowest BCUT2D eigenvalue weighted by molar-refractivity contribution is 0.370. The molecule has 3 rings (SSSR count). The van der Waals surface area contributed by atoms with Gasteiger partial charge in [0.1, 0.15) is 0 Å². The summed E-state index contributed by atoms with van der Waals surface area (Å²) in [6.45, 7) is 6.54. The van der Waals surface area contributed by atoms with Crippen LogP contribution in [0.1, 0.15) is 11.1 Å². The number of hydrogen-bond donors (Lipinski definition) is 1. The molecule has 7 heteroatoms. The van der Waals surface area contributed by atoms with E-state index in [9.17, 15) is 0 Å². The van der Waals surface area contributed by atoms with Gasteiger partial charge in [-0.05, 0) is 24.1 Å². The van der Waals surface area contributed by atoms with E-state index in [2.05, 4.69) is 61.3 Å². The molecule has 1 saturated heterocycles. The number of hydrogen-bond acceptors (Lipinski definition) is 4. The van der Waals surface area contributed by atoms with E-state index < -0.39 is 0 Å². The maximum absolute atomic E-state index is 4.44. The maximum Gasteiger partial charge on any atom is 0.225 e. The third-order valence-electron chi connectivity index (χ3n) is 4.32. The molecule has 1 N–H and O–H groups in total. The van der Waals surface area contributed by atoms with E-state index in [1.54, 1.807) is 12.4 Å². The van der Waals surface area contributed by atoms with Gasteiger partial charge in [-0.3, -0.25) is 4.99 Å². The number of piperazine rings is 1. The minimum absolute atomic E-state index is 0. The van der Waals surface area contributed by atoms with Gasteiger partial charge in [-0.15, -0.1) is 24.0 Å². The van der Waals surface area contributed by atoms with Crippen LogP contribution in [-0.4, -0.2) is 54.1 Å². The molecule has 0 bridgehead atoms. The topological polar surface area (TPSA) is 56.7 Å². The van der Waals surface area contributed by atoms with E-state index in [0.29, 0.717) is 0 Å². The minimum atomic E-state index is 0. The first-order valence-electron chi connectivity index (χ1n) is 8.30. The molecule has 1 aliphatic rings. The number of aryl methyl sites for hydroxylation is 1. The molecule has 0 amide bonds. The van der Waals surface area contributed by atoms with E-state index in [1.165, 1.54) is 11.1 Å². The Labute approximate surface area is 166 Å². The summed E-state index contributed by atoms with van der Waals surface area (Å²) < 4.78 is 0. The van der Waals surface area contributed by atoms with Gasteiger partial charge < -0.3 is 15.1 Å². The summed E-state index contributed by atoms with van der Waals surface area (Å²) >= 11 is 0. The molecule has 0 radical (unpaired) electrons. The largest absolute Gasteiger partial charge is 0.352 e. The Kier molecular flexibility index (Phi) is 7.42. The molecule has 0 saturated carbocycles. The second kappa shape index (κ2) is 9.55. The molecular formula is C18H25IN6. The van der Waals surface area contributed by atoms with Crippen molar-refractivity contribution in [2.24, 2.45) is 4.99 Å². The standard InChI is InChI=1S/C18H24N6.HI/c1-15-6-3-4-7-16(15)14-22-17(19-2)23-10-12-24(13-11-23)18-20-8-5-9-21-18;/h3-9H,10-14H2,1-2H3,(H,19,22);1H. The SMILES string of the molecule is CN=C(NCc1ccccc1C)N1CCN(c2ncccn2)CC1.I. The first-order chi connectivity index (χ1) is 11.8. The summed E-state index contributed by atoms with van der Waals surface area (Å²) in [6.07, 6.45) is 3.58. The van der Waals surface area contributed by atoms with Gasteiger partial charge in [0.25, 0.3) is 0 Å². The number of guanidine groups is 1. The Morgan fingerprint density at radius 2 is 1.76 bits per heavy atom. The van der Waals surface area contributed by atoms with Gasteiger partial charge in [-0.1, -0.05) is 24.3 Å². The van der Waals surface area contributed by atoms with Gasteiger partial charge in [0, 0.05) is 52.2 Å². The average molecular weight is 452 g/mol. The van der Waals surface area contributed by atoms with Crippen molar-refractivity contribution in [3.8, 4) is 0 Å². The number of nitrogens with zero attached hydrogens (tertiary/aromatic N) is 5. The fraction of sp³-hybridized carbons (Fsp3) is 0.389. The summed E-state index contributed by atoms with van der Waals surface area (Å²) in [5, 5.41) is 3.48. The fourth-order valence-electron chi connectivity index (χ4n) is 2.89. The molecule has 0 atom stereocenters. The number of halogens is 1. The normalized spacial score (nSPS) is 14.9. The van der Waals surface area contributed by atoms with Crippen LogP contribution >= 0.6 is 24.0 Å². The van der Waals surface area contributed by atoms with Crippen molar-refractivity contribution >= 4 is 35.9 Å². The molecule has 1 aromatic carbocycles. The van der Waals surface area contributed by atoms with Crippen molar-refractivity contribution in [3.63, 3.8) is 0 Å². The molecule has 6 nitrogen and oxygen atoms in total. The van der Waals surface area contributed by atoms with Crippen molar-refractivity contribution < 1.29 is 0 Å². The smallest absolute Gasteiger partial charge is 0.225 e. The van der Waals surface area contributed by atoms with Crippen LogP contribution in [0.2, 0.25) is 0 Å². The molecule has 0 aliphatic carbocycles. The van der Waals surface area contributed by atoms with E-state index in [1.807, 2.05) is 13.1 Å². The first kappa shape index (κ1) is 19.4. The van der Waals surface area contributed by atoms with Gasteiger partial charge in [0.05, 0.1) is 0 Å². The number of benzene rings is 1. The zero-order chi connectivity index (χ0) is 16.8. The van der Waals surface area contributed by atoms with Crippen LogP contribution in [0.3, 0.4) is 0 Å². The summed E-state index contributed by atoms with van der Waals surface area (Å²) in [5.74, 6) is 1.76. The molecule has 25 heavy (non-hydrogen) atoms. The van der Waals surface area contributed by atoms with Gasteiger partial charge in [-0.2, -0.15) is 0 Å². The van der Waals surface area contributed by atoms with E-state index >= 15 is 0 Å². The minimum Gasteiger partial charge on any atom is -0.352 e. The van der Waals surface area contributed by atoms with Crippen molar-refractivity contribution in [2.75, 3.05) is 38.1 Å². The quantitative estimate of drug-likeness (QED) is 0.440. The lowest BCUT2D eigenvalue weighted by Crippen LogP contribution is -2.52. The number of aromatic nitrogens is 2. The first-order valence-corrected chi connectivity index (χ1v) is 8.30. The van der Waals surface area contributed by atoms with Crippen molar-refractivity contribution in [1.82, 2.24) is 20.2 Å². The number of nitrogens with one attached hydrogen (secondary N) is 1. The second-order valence-electron chi connectivity index (χ2n) is 5.85. The second-order valence-corrected chi connectivity index (χ2v) is 5.85. The molecule has 2 heterocycles. The highest BCUT2D eigenvalue weighted by molar-refractivity contribution is 14.0. The lowest BCUT2D eigenvalue weighted by atomic mass is 10.1. The Morgan fingerprint density at radius 3 is 2.40 bits per heavy atom. The predicted molar refractivity (Wildman–Crippen MR) is 113 cm³/mol. The van der Waals surface area contributed by atoms with Gasteiger partial charge >= 0.3 is 0 Å². The van der Waals surface area contributed by atoms with Gasteiger partial charge in [-0.25, -0.2) is 9.97 Å². The fourth-order valence-corrected chi connectivity index (χ4v) is 2.89. The molecule has 0 spiro atoms. The summed E-state index contributed by atoms with van der Waals surface area (Å²) in [6, 6.07) is 10.3. The van der Waals surface area contributed by atoms with E-state index in [4.69, 9.17) is 0 Å². The third-order valence-corrected chi connectivity index (χ3v) is 4.32. The van der Waals surface area contributed by atoms with Gasteiger partial charge in [0.2, 0.25) is 5.95 Å². The Morgan fingerprint density at radius 1 is 1.08 bits per heavy atom. The zero-order valence-corrected chi connectivity index (χ0v) is 17.1. The highest BCUT2D eigenvalue weighted by Gasteiger charge is 2.20. The van der Waals surface area contributed by atoms with Crippen LogP contribution in [0.4, 0.5) is 5.95 Å². The lowest BCUT2D eigenvalue weighted by Gasteiger charge is -2.36. The highest BCUT2D eigenvalue weighted by Crippen LogP contribution is 2.10. The molecule has 0 unspecified atom stereocenters. The van der Waals surface area contributed by atoms with Crippen LogP contribution in [0.25, 0.3) is 0 Å².